The van der Waals surface area contributed by atoms with Crippen LogP contribution in [0.3, 0.4) is 0 Å². The van der Waals surface area contributed by atoms with Crippen LogP contribution in [0.2, 0.25) is 0 Å². The van der Waals surface area contributed by atoms with Crippen LogP contribution in [0, 0.1) is 11.6 Å². The largest absolute Gasteiger partial charge is 0.494 e. The third-order valence-corrected chi connectivity index (χ3v) is 7.79. The first-order valence-electron chi connectivity index (χ1n) is 14.8. The van der Waals surface area contributed by atoms with E-state index < -0.39 is 11.6 Å². The van der Waals surface area contributed by atoms with Crippen LogP contribution in [-0.4, -0.2) is 65.8 Å². The molecule has 2 N–H and O–H groups in total. The highest BCUT2D eigenvalue weighted by Crippen LogP contribution is 2.34. The van der Waals surface area contributed by atoms with Crippen LogP contribution in [-0.2, 0) is 16.1 Å². The molecule has 2 atom stereocenters. The second-order valence-electron chi connectivity index (χ2n) is 10.8. The molecule has 5 rings (SSSR count). The molecule has 0 aromatic heterocycles. The third kappa shape index (κ3) is 8.12. The second-order valence-corrected chi connectivity index (χ2v) is 10.8. The summed E-state index contributed by atoms with van der Waals surface area (Å²) in [5.41, 5.74) is 3.67. The molecule has 226 valence electrons. The van der Waals surface area contributed by atoms with Crippen LogP contribution < -0.4 is 25.0 Å². The van der Waals surface area contributed by atoms with Gasteiger partial charge in [-0.2, -0.15) is 0 Å². The van der Waals surface area contributed by atoms with Gasteiger partial charge in [0.25, 0.3) is 0 Å². The minimum Gasteiger partial charge on any atom is -0.494 e. The van der Waals surface area contributed by atoms with E-state index in [9.17, 15) is 8.78 Å². The molecule has 7 nitrogen and oxygen atoms in total. The van der Waals surface area contributed by atoms with Gasteiger partial charge in [0.1, 0.15) is 29.7 Å². The third-order valence-electron chi connectivity index (χ3n) is 7.79. The summed E-state index contributed by atoms with van der Waals surface area (Å²) in [6, 6.07) is 18.0. The van der Waals surface area contributed by atoms with Crippen LogP contribution in [0.1, 0.15) is 36.3 Å². The molecular formula is C33H41F2N3O4. The number of benzene rings is 3. The molecule has 0 bridgehead atoms. The lowest BCUT2D eigenvalue weighted by molar-refractivity contribution is 0.0106. The van der Waals surface area contributed by atoms with Crippen molar-refractivity contribution >= 4 is 11.4 Å². The maximum Gasteiger partial charge on any atom is 0.146 e. The molecule has 0 amide bonds. The fourth-order valence-electron chi connectivity index (χ4n) is 5.56. The summed E-state index contributed by atoms with van der Waals surface area (Å²) in [6.07, 6.45) is 2.69. The van der Waals surface area contributed by atoms with Gasteiger partial charge in [-0.3, -0.25) is 0 Å². The molecule has 0 radical (unpaired) electrons. The van der Waals surface area contributed by atoms with Gasteiger partial charge in [-0.15, -0.1) is 0 Å². The van der Waals surface area contributed by atoms with E-state index >= 15 is 0 Å². The highest BCUT2D eigenvalue weighted by Gasteiger charge is 2.27. The fourth-order valence-corrected chi connectivity index (χ4v) is 5.56. The Balaban J connectivity index is 1.11. The molecule has 3 aromatic rings. The number of fused-ring (bicyclic) bond motifs is 1. The number of nitrogens with one attached hydrogen (secondary N) is 2. The summed E-state index contributed by atoms with van der Waals surface area (Å²) in [4.78, 5) is 2.37. The van der Waals surface area contributed by atoms with Crippen LogP contribution >= 0.6 is 0 Å². The Morgan fingerprint density at radius 3 is 2.76 bits per heavy atom. The quantitative estimate of drug-likeness (QED) is 0.235. The Bertz CT molecular complexity index is 1280. The lowest BCUT2D eigenvalue weighted by Crippen LogP contribution is -2.41. The molecule has 2 heterocycles. The van der Waals surface area contributed by atoms with E-state index in [4.69, 9.17) is 18.9 Å². The zero-order chi connectivity index (χ0) is 29.1. The molecule has 2 unspecified atom stereocenters. The average molecular weight is 582 g/mol. The highest BCUT2D eigenvalue weighted by molar-refractivity contribution is 5.61. The number of methoxy groups -OCH3 is 1. The Kier molecular flexibility index (Phi) is 10.9. The normalized spacial score (nSPS) is 18.3. The van der Waals surface area contributed by atoms with E-state index in [1.54, 1.807) is 7.11 Å². The SMILES string of the molecule is COCCCN1CCOc2ccc(COC3CNCCC3c3ccc(OCCCNc4cc(F)ccc4F)cc3)cc21. The molecular weight excluding hydrogens is 540 g/mol. The first-order chi connectivity index (χ1) is 20.6. The molecule has 3 aromatic carbocycles. The van der Waals surface area contributed by atoms with Crippen molar-refractivity contribution in [2.45, 2.75) is 37.9 Å². The van der Waals surface area contributed by atoms with Crippen molar-refractivity contribution in [2.24, 2.45) is 0 Å². The Labute approximate surface area is 247 Å². The first kappa shape index (κ1) is 30.1. The molecule has 0 aliphatic carbocycles. The lowest BCUT2D eigenvalue weighted by Gasteiger charge is -2.33. The van der Waals surface area contributed by atoms with Crippen LogP contribution in [0.4, 0.5) is 20.2 Å². The fraction of sp³-hybridized carbons (Fsp3) is 0.455. The predicted molar refractivity (Wildman–Crippen MR) is 161 cm³/mol. The van der Waals surface area contributed by atoms with Crippen molar-refractivity contribution in [3.8, 4) is 11.5 Å². The molecule has 0 spiro atoms. The van der Waals surface area contributed by atoms with Crippen molar-refractivity contribution in [2.75, 3.05) is 69.9 Å². The van der Waals surface area contributed by atoms with Crippen molar-refractivity contribution in [1.29, 1.82) is 0 Å². The van der Waals surface area contributed by atoms with Gasteiger partial charge in [-0.25, -0.2) is 8.78 Å². The van der Waals surface area contributed by atoms with E-state index in [0.29, 0.717) is 32.8 Å². The smallest absolute Gasteiger partial charge is 0.146 e. The van der Waals surface area contributed by atoms with Gasteiger partial charge in [-0.1, -0.05) is 18.2 Å². The van der Waals surface area contributed by atoms with Gasteiger partial charge in [0.15, 0.2) is 0 Å². The van der Waals surface area contributed by atoms with Crippen molar-refractivity contribution in [1.82, 2.24) is 5.32 Å². The minimum absolute atomic E-state index is 0.0601. The van der Waals surface area contributed by atoms with Gasteiger partial charge < -0.3 is 34.5 Å². The molecule has 2 aliphatic heterocycles. The van der Waals surface area contributed by atoms with E-state index in [0.717, 1.165) is 86.6 Å². The summed E-state index contributed by atoms with van der Waals surface area (Å²) in [5, 5.41) is 6.41. The zero-order valence-electron chi connectivity index (χ0n) is 24.2. The number of ether oxygens (including phenoxy) is 4. The molecule has 0 saturated carbocycles. The predicted octanol–water partition coefficient (Wildman–Crippen LogP) is 5.74. The Morgan fingerprint density at radius 1 is 1.02 bits per heavy atom. The van der Waals surface area contributed by atoms with Crippen LogP contribution in [0.5, 0.6) is 11.5 Å². The number of piperidine rings is 1. The maximum absolute atomic E-state index is 13.7. The number of halogens is 2. The van der Waals surface area contributed by atoms with Crippen molar-refractivity contribution in [3.63, 3.8) is 0 Å². The number of nitrogens with zero attached hydrogens (tertiary/aromatic N) is 1. The van der Waals surface area contributed by atoms with Gasteiger partial charge in [0, 0.05) is 39.3 Å². The lowest BCUT2D eigenvalue weighted by atomic mass is 9.87. The van der Waals surface area contributed by atoms with Gasteiger partial charge in [0.2, 0.25) is 0 Å². The van der Waals surface area contributed by atoms with E-state index in [1.165, 1.54) is 5.56 Å². The zero-order valence-corrected chi connectivity index (χ0v) is 24.2. The minimum atomic E-state index is -0.467. The monoisotopic (exact) mass is 581 g/mol. The van der Waals surface area contributed by atoms with Gasteiger partial charge in [-0.05, 0) is 79.4 Å². The Morgan fingerprint density at radius 2 is 1.90 bits per heavy atom. The van der Waals surface area contributed by atoms with E-state index in [-0.39, 0.29) is 17.7 Å². The number of anilines is 2. The van der Waals surface area contributed by atoms with Gasteiger partial charge in [0.05, 0.1) is 37.2 Å². The molecule has 9 heteroatoms. The average Bonchev–Trinajstić information content (AvgIpc) is 3.02. The summed E-state index contributed by atoms with van der Waals surface area (Å²) < 4.78 is 50.6. The second kappa shape index (κ2) is 15.2. The van der Waals surface area contributed by atoms with E-state index in [1.807, 2.05) is 12.1 Å². The number of rotatable bonds is 14. The maximum atomic E-state index is 13.7. The summed E-state index contributed by atoms with van der Waals surface area (Å²) in [5.74, 6) is 1.07. The summed E-state index contributed by atoms with van der Waals surface area (Å²) in [7, 11) is 1.74. The van der Waals surface area contributed by atoms with Gasteiger partial charge >= 0.3 is 0 Å². The molecule has 1 fully saturated rings. The van der Waals surface area contributed by atoms with Crippen molar-refractivity contribution < 1.29 is 27.7 Å². The first-order valence-corrected chi connectivity index (χ1v) is 14.8. The summed E-state index contributed by atoms with van der Waals surface area (Å²) >= 11 is 0. The standard InChI is InChI=1S/C33H41F2N3O4/c1-39-17-3-15-38-16-19-41-32-11-4-24(20-31(32)38)23-42-33-22-36-14-12-28(33)25-5-8-27(9-6-25)40-18-2-13-37-30-21-26(34)7-10-29(30)35/h4-11,20-21,28,33,36-37H,2-3,12-19,22-23H2,1H3. The molecule has 42 heavy (non-hydrogen) atoms. The highest BCUT2D eigenvalue weighted by atomic mass is 19.1. The number of hydrogen-bond donors (Lipinski definition) is 2. The summed E-state index contributed by atoms with van der Waals surface area (Å²) in [6.45, 7) is 6.51. The Hall–Kier alpha value is -3.40. The molecule has 2 aliphatic rings. The topological polar surface area (TPSA) is 64.2 Å². The van der Waals surface area contributed by atoms with Crippen molar-refractivity contribution in [3.05, 3.63) is 83.4 Å². The number of hydrogen-bond acceptors (Lipinski definition) is 7. The van der Waals surface area contributed by atoms with Crippen LogP contribution in [0.25, 0.3) is 0 Å². The molecule has 1 saturated heterocycles. The van der Waals surface area contributed by atoms with Crippen LogP contribution in [0.15, 0.2) is 60.7 Å². The van der Waals surface area contributed by atoms with E-state index in [2.05, 4.69) is 45.9 Å².